The van der Waals surface area contributed by atoms with Crippen LogP contribution in [0.25, 0.3) is 0 Å². The first kappa shape index (κ1) is 24.7. The molecule has 0 aliphatic carbocycles. The third-order valence-corrected chi connectivity index (χ3v) is 6.41. The van der Waals surface area contributed by atoms with E-state index in [-0.39, 0.29) is 43.8 Å². The van der Waals surface area contributed by atoms with Crippen molar-refractivity contribution in [2.24, 2.45) is 0 Å². The quantitative estimate of drug-likeness (QED) is 0.466. The third-order valence-electron chi connectivity index (χ3n) is 4.96. The molecular formula is C20H25F3N6O3S. The zero-order chi connectivity index (χ0) is 24.4. The van der Waals surface area contributed by atoms with Gasteiger partial charge in [-0.05, 0) is 31.9 Å². The summed E-state index contributed by atoms with van der Waals surface area (Å²) in [7, 11) is -3.43. The topological polar surface area (TPSA) is 116 Å². The lowest BCUT2D eigenvalue weighted by Crippen LogP contribution is -2.37. The summed E-state index contributed by atoms with van der Waals surface area (Å²) in [6.45, 7) is 3.66. The first-order valence-electron chi connectivity index (χ1n) is 10.2. The van der Waals surface area contributed by atoms with Gasteiger partial charge < -0.3 is 16.0 Å². The molecule has 1 aliphatic rings. The Labute approximate surface area is 189 Å². The number of rotatable bonds is 9. The number of fused-ring (bicyclic) bond motifs is 1. The van der Waals surface area contributed by atoms with Crippen molar-refractivity contribution in [2.45, 2.75) is 38.9 Å². The monoisotopic (exact) mass is 486 g/mol. The van der Waals surface area contributed by atoms with Crippen molar-refractivity contribution >= 4 is 39.1 Å². The van der Waals surface area contributed by atoms with Gasteiger partial charge in [-0.1, -0.05) is 12.1 Å². The fraction of sp³-hybridized carbons (Fsp3) is 0.450. The minimum absolute atomic E-state index is 0.0645. The maximum Gasteiger partial charge on any atom is 0.421 e. The van der Waals surface area contributed by atoms with E-state index in [2.05, 4.69) is 25.9 Å². The van der Waals surface area contributed by atoms with Crippen molar-refractivity contribution in [1.29, 1.82) is 0 Å². The fourth-order valence-electron chi connectivity index (χ4n) is 3.51. The smallest absolute Gasteiger partial charge is 0.369 e. The molecule has 0 spiro atoms. The van der Waals surface area contributed by atoms with Gasteiger partial charge in [-0.15, -0.1) is 0 Å². The number of sulfonamides is 1. The van der Waals surface area contributed by atoms with Crippen molar-refractivity contribution in [1.82, 2.24) is 14.3 Å². The van der Waals surface area contributed by atoms with Gasteiger partial charge in [-0.2, -0.15) is 22.5 Å². The highest BCUT2D eigenvalue weighted by Crippen LogP contribution is 2.36. The Morgan fingerprint density at radius 3 is 2.64 bits per heavy atom. The fourth-order valence-corrected chi connectivity index (χ4v) is 4.74. The van der Waals surface area contributed by atoms with Gasteiger partial charge in [0.1, 0.15) is 11.4 Å². The van der Waals surface area contributed by atoms with Crippen LogP contribution in [0.15, 0.2) is 24.4 Å². The number of benzene rings is 1. The van der Waals surface area contributed by atoms with E-state index >= 15 is 0 Å². The summed E-state index contributed by atoms with van der Waals surface area (Å²) in [4.78, 5) is 19.4. The van der Waals surface area contributed by atoms with E-state index < -0.39 is 27.6 Å². The molecule has 3 rings (SSSR count). The maximum absolute atomic E-state index is 13.5. The van der Waals surface area contributed by atoms with Crippen LogP contribution >= 0.6 is 0 Å². The molecule has 180 valence electrons. The van der Waals surface area contributed by atoms with Crippen molar-refractivity contribution in [3.8, 4) is 0 Å². The first-order chi connectivity index (χ1) is 15.4. The number of hydrogen-bond acceptors (Lipinski definition) is 7. The van der Waals surface area contributed by atoms with Crippen molar-refractivity contribution < 1.29 is 26.4 Å². The number of halogens is 3. The molecule has 2 aromatic rings. The standard InChI is InChI=1S/C20H25F3N6O3S/c1-12(2)29(33(3,31)32)9-5-8-24-18-14(20(21,22)23)11-25-19(28-18)26-15-7-4-6-13-10-16(30)27-17(13)15/h4,6-7,11-12H,5,8-10H2,1-3H3,(H,27,30)(H2,24,25,26,28). The normalized spacial score (nSPS) is 13.9. The summed E-state index contributed by atoms with van der Waals surface area (Å²) >= 11 is 0. The predicted molar refractivity (Wildman–Crippen MR) is 119 cm³/mol. The van der Waals surface area contributed by atoms with Crippen LogP contribution in [0.4, 0.5) is 36.3 Å². The van der Waals surface area contributed by atoms with Crippen LogP contribution in [0, 0.1) is 0 Å². The molecule has 1 aromatic heterocycles. The molecule has 0 saturated heterocycles. The van der Waals surface area contributed by atoms with Crippen LogP contribution in [-0.4, -0.2) is 54.0 Å². The largest absolute Gasteiger partial charge is 0.421 e. The third kappa shape index (κ3) is 6.11. The van der Waals surface area contributed by atoms with Crippen LogP contribution in [-0.2, 0) is 27.4 Å². The van der Waals surface area contributed by atoms with E-state index in [0.717, 1.165) is 11.8 Å². The highest BCUT2D eigenvalue weighted by molar-refractivity contribution is 7.88. The van der Waals surface area contributed by atoms with Gasteiger partial charge in [0.15, 0.2) is 0 Å². The maximum atomic E-state index is 13.5. The van der Waals surface area contributed by atoms with E-state index in [9.17, 15) is 26.4 Å². The van der Waals surface area contributed by atoms with Gasteiger partial charge in [-0.3, -0.25) is 4.79 Å². The molecule has 0 bridgehead atoms. The predicted octanol–water partition coefficient (Wildman–Crippen LogP) is 3.21. The number of aromatic nitrogens is 2. The summed E-state index contributed by atoms with van der Waals surface area (Å²) < 4.78 is 65.3. The van der Waals surface area contributed by atoms with Crippen LogP contribution < -0.4 is 16.0 Å². The lowest BCUT2D eigenvalue weighted by atomic mass is 10.1. The van der Waals surface area contributed by atoms with Gasteiger partial charge in [0.05, 0.1) is 24.1 Å². The molecule has 1 amide bonds. The minimum Gasteiger partial charge on any atom is -0.369 e. The Hall–Kier alpha value is -2.93. The number of alkyl halides is 3. The number of anilines is 4. The lowest BCUT2D eigenvalue weighted by Gasteiger charge is -2.24. The van der Waals surface area contributed by atoms with Gasteiger partial charge in [0.2, 0.25) is 21.9 Å². The van der Waals surface area contributed by atoms with Crippen molar-refractivity contribution in [2.75, 3.05) is 35.3 Å². The first-order valence-corrected chi connectivity index (χ1v) is 12.0. The second-order valence-electron chi connectivity index (χ2n) is 7.89. The van der Waals surface area contributed by atoms with E-state index in [1.54, 1.807) is 32.0 Å². The SMILES string of the molecule is CC(C)N(CCCNc1nc(Nc2cccc3c2NC(=O)C3)ncc1C(F)(F)F)S(C)(=O)=O. The number of para-hydroxylation sites is 1. The molecular weight excluding hydrogens is 461 g/mol. The Bertz CT molecular complexity index is 1140. The molecule has 9 nitrogen and oxygen atoms in total. The average molecular weight is 487 g/mol. The Morgan fingerprint density at radius 1 is 1.27 bits per heavy atom. The highest BCUT2D eigenvalue weighted by Gasteiger charge is 2.35. The van der Waals surface area contributed by atoms with Crippen LogP contribution in [0.1, 0.15) is 31.4 Å². The molecule has 0 unspecified atom stereocenters. The molecule has 2 heterocycles. The van der Waals surface area contributed by atoms with Gasteiger partial charge >= 0.3 is 6.18 Å². The molecule has 1 aliphatic heterocycles. The number of carbonyl (C=O) groups excluding carboxylic acids is 1. The van der Waals surface area contributed by atoms with E-state index in [4.69, 9.17) is 0 Å². The van der Waals surface area contributed by atoms with E-state index in [1.165, 1.54) is 4.31 Å². The number of amides is 1. The molecule has 0 atom stereocenters. The Kier molecular flexibility index (Phi) is 7.12. The van der Waals surface area contributed by atoms with Crippen LogP contribution in [0.5, 0.6) is 0 Å². The van der Waals surface area contributed by atoms with E-state index in [0.29, 0.717) is 17.6 Å². The van der Waals surface area contributed by atoms with E-state index in [1.807, 2.05) is 0 Å². The van der Waals surface area contributed by atoms with Gasteiger partial charge in [-0.25, -0.2) is 13.4 Å². The van der Waals surface area contributed by atoms with Crippen LogP contribution in [0.2, 0.25) is 0 Å². The molecule has 0 fully saturated rings. The van der Waals surface area contributed by atoms with Crippen molar-refractivity contribution in [3.05, 3.63) is 35.5 Å². The molecule has 0 saturated carbocycles. The summed E-state index contributed by atoms with van der Waals surface area (Å²) in [5, 5.41) is 8.21. The molecule has 1 aromatic carbocycles. The summed E-state index contributed by atoms with van der Waals surface area (Å²) in [5.41, 5.74) is 0.721. The van der Waals surface area contributed by atoms with Gasteiger partial charge in [0.25, 0.3) is 0 Å². The number of hydrogen-bond donors (Lipinski definition) is 3. The molecule has 13 heteroatoms. The summed E-state index contributed by atoms with van der Waals surface area (Å²) in [6.07, 6.45) is -2.43. The highest BCUT2D eigenvalue weighted by atomic mass is 32.2. The minimum atomic E-state index is -4.68. The van der Waals surface area contributed by atoms with Crippen molar-refractivity contribution in [3.63, 3.8) is 0 Å². The Balaban J connectivity index is 1.76. The summed E-state index contributed by atoms with van der Waals surface area (Å²) in [5.74, 6) is -0.688. The number of nitrogens with one attached hydrogen (secondary N) is 3. The van der Waals surface area contributed by atoms with Gasteiger partial charge in [0, 0.05) is 25.3 Å². The number of nitrogens with zero attached hydrogens (tertiary/aromatic N) is 3. The number of carbonyl (C=O) groups is 1. The molecule has 33 heavy (non-hydrogen) atoms. The van der Waals surface area contributed by atoms with Crippen LogP contribution in [0.3, 0.4) is 0 Å². The Morgan fingerprint density at radius 2 is 2.00 bits per heavy atom. The second-order valence-corrected chi connectivity index (χ2v) is 9.83. The zero-order valence-electron chi connectivity index (χ0n) is 18.3. The summed E-state index contributed by atoms with van der Waals surface area (Å²) in [6, 6.07) is 4.88. The molecule has 0 radical (unpaired) electrons. The average Bonchev–Trinajstić information content (AvgIpc) is 3.07. The lowest BCUT2D eigenvalue weighted by molar-refractivity contribution is -0.137. The zero-order valence-corrected chi connectivity index (χ0v) is 19.1. The molecule has 3 N–H and O–H groups in total. The second kappa shape index (κ2) is 9.51.